The van der Waals surface area contributed by atoms with Gasteiger partial charge in [-0.05, 0) is 24.3 Å². The predicted octanol–water partition coefficient (Wildman–Crippen LogP) is 2.12. The van der Waals surface area contributed by atoms with Gasteiger partial charge in [-0.15, -0.1) is 0 Å². The molecule has 1 heterocycles. The fourth-order valence-corrected chi connectivity index (χ4v) is 1.34. The number of nitrogens with zero attached hydrogens (tertiary/aromatic N) is 2. The minimum Gasteiger partial charge on any atom is -0.266 e. The van der Waals surface area contributed by atoms with Gasteiger partial charge in [0.25, 0.3) is 5.91 Å². The topological polar surface area (TPSA) is 54.4 Å². The maximum absolute atomic E-state index is 13.2. The van der Waals surface area contributed by atoms with Crippen LogP contribution in [0.3, 0.4) is 0 Å². The molecule has 19 heavy (non-hydrogen) atoms. The summed E-state index contributed by atoms with van der Waals surface area (Å²) in [6.07, 6.45) is 2.36. The van der Waals surface area contributed by atoms with E-state index in [0.29, 0.717) is 0 Å². The van der Waals surface area contributed by atoms with Gasteiger partial charge in [-0.25, -0.2) is 14.2 Å². The van der Waals surface area contributed by atoms with Crippen LogP contribution in [0.1, 0.15) is 16.1 Å². The Morgan fingerprint density at radius 1 is 1.16 bits per heavy atom. The Kier molecular flexibility index (Phi) is 3.92. The molecule has 0 radical (unpaired) electrons. The number of hydrogen-bond acceptors (Lipinski definition) is 3. The van der Waals surface area contributed by atoms with E-state index in [0.717, 1.165) is 18.3 Å². The smallest absolute Gasteiger partial charge is 0.266 e. The minimum atomic E-state index is -0.754. The second-order valence-corrected chi connectivity index (χ2v) is 3.55. The highest BCUT2D eigenvalue weighted by Gasteiger charge is 2.06. The highest BCUT2D eigenvalue weighted by molar-refractivity contribution is 5.93. The third-order valence-electron chi connectivity index (χ3n) is 2.26. The van der Waals surface area contributed by atoms with E-state index in [1.54, 1.807) is 12.1 Å². The maximum atomic E-state index is 13.2. The van der Waals surface area contributed by atoms with Crippen molar-refractivity contribution >= 4 is 12.1 Å². The molecule has 0 saturated heterocycles. The first kappa shape index (κ1) is 12.8. The van der Waals surface area contributed by atoms with Crippen LogP contribution in [0.4, 0.5) is 8.78 Å². The maximum Gasteiger partial charge on any atom is 0.289 e. The molecular weight excluding hydrogens is 252 g/mol. The van der Waals surface area contributed by atoms with Gasteiger partial charge in [0.2, 0.25) is 0 Å². The summed E-state index contributed by atoms with van der Waals surface area (Å²) >= 11 is 0. The Balaban J connectivity index is 2.07. The van der Waals surface area contributed by atoms with E-state index in [-0.39, 0.29) is 11.3 Å². The Morgan fingerprint density at radius 2 is 1.89 bits per heavy atom. The number of carbonyl (C=O) groups is 1. The zero-order valence-electron chi connectivity index (χ0n) is 9.68. The van der Waals surface area contributed by atoms with E-state index >= 15 is 0 Å². The van der Waals surface area contributed by atoms with Crippen LogP contribution in [-0.2, 0) is 0 Å². The van der Waals surface area contributed by atoms with Crippen LogP contribution in [-0.4, -0.2) is 17.1 Å². The van der Waals surface area contributed by atoms with E-state index in [9.17, 15) is 13.6 Å². The lowest BCUT2D eigenvalue weighted by Gasteiger charge is -1.99. The number of benzene rings is 1. The molecule has 0 unspecified atom stereocenters. The van der Waals surface area contributed by atoms with Crippen molar-refractivity contribution in [2.24, 2.45) is 5.10 Å². The molecule has 0 aliphatic heterocycles. The number of pyridine rings is 1. The summed E-state index contributed by atoms with van der Waals surface area (Å²) < 4.78 is 26.5. The van der Waals surface area contributed by atoms with Crippen LogP contribution in [0.2, 0.25) is 0 Å². The molecule has 1 aromatic heterocycles. The van der Waals surface area contributed by atoms with Gasteiger partial charge in [0.15, 0.2) is 0 Å². The average Bonchev–Trinajstić information content (AvgIpc) is 2.43. The summed E-state index contributed by atoms with van der Waals surface area (Å²) in [5.41, 5.74) is 1.98. The molecule has 0 aliphatic rings. The second kappa shape index (κ2) is 5.81. The van der Waals surface area contributed by atoms with Crippen LogP contribution >= 0.6 is 0 Å². The quantitative estimate of drug-likeness (QED) is 0.679. The Morgan fingerprint density at radius 3 is 2.53 bits per heavy atom. The molecule has 4 nitrogen and oxygen atoms in total. The van der Waals surface area contributed by atoms with Gasteiger partial charge in [-0.1, -0.05) is 12.1 Å². The second-order valence-electron chi connectivity index (χ2n) is 3.55. The molecule has 96 valence electrons. The first-order valence-corrected chi connectivity index (χ1v) is 5.37. The van der Waals surface area contributed by atoms with E-state index in [1.165, 1.54) is 18.3 Å². The lowest BCUT2D eigenvalue weighted by atomic mass is 10.2. The van der Waals surface area contributed by atoms with Gasteiger partial charge in [0.1, 0.15) is 17.3 Å². The molecule has 0 spiro atoms. The molecule has 0 saturated carbocycles. The zero-order valence-corrected chi connectivity index (χ0v) is 9.68. The molecule has 0 bridgehead atoms. The molecule has 1 N–H and O–H groups in total. The molecule has 0 fully saturated rings. The number of aromatic nitrogens is 1. The molecule has 0 aliphatic carbocycles. The largest absolute Gasteiger partial charge is 0.289 e. The minimum absolute atomic E-state index is 0.161. The van der Waals surface area contributed by atoms with Crippen molar-refractivity contribution < 1.29 is 13.6 Å². The van der Waals surface area contributed by atoms with Gasteiger partial charge in [0, 0.05) is 6.20 Å². The first-order valence-electron chi connectivity index (χ1n) is 5.37. The first-order chi connectivity index (χ1) is 9.18. The zero-order chi connectivity index (χ0) is 13.7. The molecule has 6 heteroatoms. The van der Waals surface area contributed by atoms with Gasteiger partial charge < -0.3 is 0 Å². The number of carbonyl (C=O) groups excluding carboxylic acids is 1. The lowest BCUT2D eigenvalue weighted by molar-refractivity contribution is 0.0950. The van der Waals surface area contributed by atoms with Gasteiger partial charge in [0.05, 0.1) is 11.8 Å². The molecule has 1 aromatic carbocycles. The van der Waals surface area contributed by atoms with Crippen LogP contribution < -0.4 is 5.43 Å². The summed E-state index contributed by atoms with van der Waals surface area (Å²) in [7, 11) is 0. The molecule has 2 rings (SSSR count). The third-order valence-corrected chi connectivity index (χ3v) is 2.26. The highest BCUT2D eigenvalue weighted by Crippen LogP contribution is 2.08. The summed E-state index contributed by atoms with van der Waals surface area (Å²) in [6, 6.07) is 8.25. The average molecular weight is 261 g/mol. The standard InChI is InChI=1S/C13H9F2N3O/c14-10-4-3-5-11(15)9(10)8-17-18-13(19)12-6-1-2-7-16-12/h1-8H,(H,18,19)/b17-8+. The molecule has 0 atom stereocenters. The van der Waals surface area contributed by atoms with E-state index < -0.39 is 17.5 Å². The van der Waals surface area contributed by atoms with E-state index in [1.807, 2.05) is 0 Å². The Bertz CT molecular complexity index is 594. The third kappa shape index (κ3) is 3.19. The van der Waals surface area contributed by atoms with Crippen molar-refractivity contribution in [1.29, 1.82) is 0 Å². The van der Waals surface area contributed by atoms with Crippen LogP contribution in [0.5, 0.6) is 0 Å². The number of hydrogen-bond donors (Lipinski definition) is 1. The predicted molar refractivity (Wildman–Crippen MR) is 65.7 cm³/mol. The van der Waals surface area contributed by atoms with Crippen molar-refractivity contribution in [3.63, 3.8) is 0 Å². The van der Waals surface area contributed by atoms with Crippen LogP contribution in [0, 0.1) is 11.6 Å². The Hall–Kier alpha value is -2.63. The SMILES string of the molecule is O=C(N/N=C/c1c(F)cccc1F)c1ccccn1. The molecule has 1 amide bonds. The van der Waals surface area contributed by atoms with Crippen molar-refractivity contribution in [2.75, 3.05) is 0 Å². The number of amides is 1. The summed E-state index contributed by atoms with van der Waals surface area (Å²) in [5, 5.41) is 3.50. The summed E-state index contributed by atoms with van der Waals surface area (Å²) in [5.74, 6) is -2.07. The lowest BCUT2D eigenvalue weighted by Crippen LogP contribution is -2.18. The number of nitrogens with one attached hydrogen (secondary N) is 1. The molecular formula is C13H9F2N3O. The summed E-state index contributed by atoms with van der Waals surface area (Å²) in [6.45, 7) is 0. The number of hydrazone groups is 1. The van der Waals surface area contributed by atoms with Crippen LogP contribution in [0.25, 0.3) is 0 Å². The monoisotopic (exact) mass is 261 g/mol. The fourth-order valence-electron chi connectivity index (χ4n) is 1.34. The Labute approximate surface area is 107 Å². The van der Waals surface area contributed by atoms with E-state index in [2.05, 4.69) is 15.5 Å². The van der Waals surface area contributed by atoms with Crippen molar-refractivity contribution in [3.8, 4) is 0 Å². The van der Waals surface area contributed by atoms with Gasteiger partial charge >= 0.3 is 0 Å². The fraction of sp³-hybridized carbons (Fsp3) is 0. The van der Waals surface area contributed by atoms with Gasteiger partial charge in [-0.3, -0.25) is 9.78 Å². The normalized spacial score (nSPS) is 10.6. The number of halogens is 2. The van der Waals surface area contributed by atoms with Crippen molar-refractivity contribution in [3.05, 3.63) is 65.5 Å². The van der Waals surface area contributed by atoms with Gasteiger partial charge in [-0.2, -0.15) is 5.10 Å². The van der Waals surface area contributed by atoms with E-state index in [4.69, 9.17) is 0 Å². The number of rotatable bonds is 3. The molecule has 2 aromatic rings. The van der Waals surface area contributed by atoms with Crippen LogP contribution in [0.15, 0.2) is 47.7 Å². The highest BCUT2D eigenvalue weighted by atomic mass is 19.1. The van der Waals surface area contributed by atoms with Crippen molar-refractivity contribution in [2.45, 2.75) is 0 Å². The summed E-state index contributed by atoms with van der Waals surface area (Å²) in [4.78, 5) is 15.3. The van der Waals surface area contributed by atoms with Crippen molar-refractivity contribution in [1.82, 2.24) is 10.4 Å².